The highest BCUT2D eigenvalue weighted by Gasteiger charge is 2.34. The maximum atomic E-state index is 13.9. The zero-order valence-corrected chi connectivity index (χ0v) is 11.3. The molecule has 0 saturated carbocycles. The summed E-state index contributed by atoms with van der Waals surface area (Å²) in [7, 11) is -1.45. The van der Waals surface area contributed by atoms with Gasteiger partial charge in [0.25, 0.3) is 0 Å². The molecule has 0 saturated heterocycles. The lowest BCUT2D eigenvalue weighted by Crippen LogP contribution is -2.36. The first-order valence-electron chi connectivity index (χ1n) is 6.16. The van der Waals surface area contributed by atoms with E-state index in [4.69, 9.17) is 0 Å². The van der Waals surface area contributed by atoms with Crippen molar-refractivity contribution in [1.82, 2.24) is 5.32 Å². The molecule has 1 aromatic rings. The lowest BCUT2D eigenvalue weighted by atomic mass is 9.94. The van der Waals surface area contributed by atoms with Gasteiger partial charge < -0.3 is 5.32 Å². The van der Waals surface area contributed by atoms with Crippen molar-refractivity contribution >= 4 is 10.8 Å². The van der Waals surface area contributed by atoms with E-state index >= 15 is 0 Å². The van der Waals surface area contributed by atoms with Crippen LogP contribution in [0.15, 0.2) is 17.0 Å². The highest BCUT2D eigenvalue weighted by molar-refractivity contribution is 7.85. The molecule has 0 fully saturated rings. The van der Waals surface area contributed by atoms with E-state index in [0.29, 0.717) is 5.75 Å². The van der Waals surface area contributed by atoms with Crippen LogP contribution in [0.1, 0.15) is 31.9 Å². The van der Waals surface area contributed by atoms with Gasteiger partial charge in [0.05, 0.1) is 15.7 Å². The molecule has 3 unspecified atom stereocenters. The number of hydrogen-bond acceptors (Lipinski definition) is 2. The predicted octanol–water partition coefficient (Wildman–Crippen LogP) is 2.76. The summed E-state index contributed by atoms with van der Waals surface area (Å²) in [6.45, 7) is 4.66. The molecule has 0 aromatic heterocycles. The molecule has 0 bridgehead atoms. The van der Waals surface area contributed by atoms with Crippen molar-refractivity contribution in [3.8, 4) is 0 Å². The van der Waals surface area contributed by atoms with Crippen LogP contribution in [-0.4, -0.2) is 16.5 Å². The summed E-state index contributed by atoms with van der Waals surface area (Å²) >= 11 is 0. The van der Waals surface area contributed by atoms with Gasteiger partial charge in [-0.15, -0.1) is 0 Å². The molecular weight excluding hydrogens is 256 g/mol. The van der Waals surface area contributed by atoms with Crippen LogP contribution in [0.25, 0.3) is 0 Å². The van der Waals surface area contributed by atoms with Crippen molar-refractivity contribution in [2.45, 2.75) is 31.2 Å². The lowest BCUT2D eigenvalue weighted by Gasteiger charge is -2.32. The lowest BCUT2D eigenvalue weighted by molar-refractivity contribution is 0.380. The van der Waals surface area contributed by atoms with Crippen molar-refractivity contribution in [3.63, 3.8) is 0 Å². The molecule has 0 aliphatic carbocycles. The summed E-state index contributed by atoms with van der Waals surface area (Å²) in [5, 5.41) is 3.22. The van der Waals surface area contributed by atoms with Gasteiger partial charge >= 0.3 is 0 Å². The van der Waals surface area contributed by atoms with Crippen LogP contribution in [0.4, 0.5) is 8.78 Å². The zero-order valence-electron chi connectivity index (χ0n) is 10.5. The molecule has 18 heavy (non-hydrogen) atoms. The second-order valence-corrected chi connectivity index (χ2v) is 6.13. The van der Waals surface area contributed by atoms with Gasteiger partial charge in [0, 0.05) is 17.4 Å². The van der Waals surface area contributed by atoms with Gasteiger partial charge in [-0.05, 0) is 31.0 Å². The van der Waals surface area contributed by atoms with Crippen molar-refractivity contribution < 1.29 is 13.0 Å². The number of benzene rings is 1. The van der Waals surface area contributed by atoms with E-state index in [1.165, 1.54) is 0 Å². The Morgan fingerprint density at radius 3 is 2.72 bits per heavy atom. The molecule has 0 radical (unpaired) electrons. The Bertz CT molecular complexity index is 478. The van der Waals surface area contributed by atoms with E-state index in [9.17, 15) is 13.0 Å². The van der Waals surface area contributed by atoms with Gasteiger partial charge in [-0.1, -0.05) is 13.8 Å². The molecule has 1 aromatic carbocycles. The van der Waals surface area contributed by atoms with Crippen LogP contribution in [0.5, 0.6) is 0 Å². The quantitative estimate of drug-likeness (QED) is 0.917. The van der Waals surface area contributed by atoms with Gasteiger partial charge in [-0.2, -0.15) is 0 Å². The summed E-state index contributed by atoms with van der Waals surface area (Å²) in [6, 6.07) is 1.91. The minimum absolute atomic E-state index is 0.0289. The Hall–Kier alpha value is -0.810. The standard InChI is InChI=1S/C13H17F2NOS/c1-3-6-16-12-8(2)7-18(17)13-10(15)5-4-9(14)11(12)13/h4-5,8,12,16H,3,6-7H2,1-2H3. The van der Waals surface area contributed by atoms with Gasteiger partial charge in [0.2, 0.25) is 0 Å². The topological polar surface area (TPSA) is 29.1 Å². The van der Waals surface area contributed by atoms with Crippen molar-refractivity contribution in [3.05, 3.63) is 29.3 Å². The molecule has 5 heteroatoms. The molecule has 2 rings (SSSR count). The first-order chi connectivity index (χ1) is 8.56. The van der Waals surface area contributed by atoms with E-state index < -0.39 is 22.4 Å². The summed E-state index contributed by atoms with van der Waals surface area (Å²) in [5.74, 6) is -0.643. The monoisotopic (exact) mass is 273 g/mol. The first kappa shape index (κ1) is 13.6. The fourth-order valence-electron chi connectivity index (χ4n) is 2.38. The molecule has 0 amide bonds. The van der Waals surface area contributed by atoms with Gasteiger partial charge in [0.15, 0.2) is 0 Å². The second-order valence-electron chi connectivity index (χ2n) is 4.69. The fraction of sp³-hybridized carbons (Fsp3) is 0.538. The SMILES string of the molecule is CCCNC1c2c(F)ccc(F)c2S(=O)CC1C. The third kappa shape index (κ3) is 2.34. The van der Waals surface area contributed by atoms with Crippen molar-refractivity contribution in [2.75, 3.05) is 12.3 Å². The van der Waals surface area contributed by atoms with Crippen molar-refractivity contribution in [1.29, 1.82) is 0 Å². The largest absolute Gasteiger partial charge is 0.310 e. The maximum Gasteiger partial charge on any atom is 0.139 e. The van der Waals surface area contributed by atoms with Crippen LogP contribution < -0.4 is 5.32 Å². The Morgan fingerprint density at radius 2 is 2.06 bits per heavy atom. The zero-order chi connectivity index (χ0) is 13.3. The smallest absolute Gasteiger partial charge is 0.139 e. The summed E-state index contributed by atoms with van der Waals surface area (Å²) in [6.07, 6.45) is 0.915. The minimum Gasteiger partial charge on any atom is -0.310 e. The third-order valence-electron chi connectivity index (χ3n) is 3.23. The van der Waals surface area contributed by atoms with Crippen LogP contribution in [0.3, 0.4) is 0 Å². The average molecular weight is 273 g/mol. The molecule has 1 aliphatic rings. The van der Waals surface area contributed by atoms with E-state index in [0.717, 1.165) is 25.1 Å². The summed E-state index contributed by atoms with van der Waals surface area (Å²) < 4.78 is 39.6. The molecule has 1 heterocycles. The molecular formula is C13H17F2NOS. The molecule has 100 valence electrons. The van der Waals surface area contributed by atoms with Crippen molar-refractivity contribution in [2.24, 2.45) is 5.92 Å². The van der Waals surface area contributed by atoms with Gasteiger partial charge in [-0.25, -0.2) is 8.78 Å². The van der Waals surface area contributed by atoms with E-state index in [-0.39, 0.29) is 22.4 Å². The average Bonchev–Trinajstić information content (AvgIpc) is 2.32. The Balaban J connectivity index is 2.50. The number of rotatable bonds is 3. The third-order valence-corrected chi connectivity index (χ3v) is 4.93. The maximum absolute atomic E-state index is 13.9. The number of fused-ring (bicyclic) bond motifs is 1. The van der Waals surface area contributed by atoms with Gasteiger partial charge in [0.1, 0.15) is 11.6 Å². The highest BCUT2D eigenvalue weighted by Crippen LogP contribution is 2.37. The molecule has 3 atom stereocenters. The molecule has 0 spiro atoms. The Kier molecular flexibility index (Phi) is 4.12. The second kappa shape index (κ2) is 5.45. The summed E-state index contributed by atoms with van der Waals surface area (Å²) in [5.41, 5.74) is 0.250. The number of halogens is 2. The molecule has 1 aliphatic heterocycles. The predicted molar refractivity (Wildman–Crippen MR) is 67.8 cm³/mol. The fourth-order valence-corrected chi connectivity index (χ4v) is 3.97. The van der Waals surface area contributed by atoms with Crippen LogP contribution >= 0.6 is 0 Å². The minimum atomic E-state index is -1.45. The number of nitrogens with one attached hydrogen (secondary N) is 1. The van der Waals surface area contributed by atoms with Crippen LogP contribution in [0, 0.1) is 17.6 Å². The van der Waals surface area contributed by atoms with Crippen LogP contribution in [0.2, 0.25) is 0 Å². The van der Waals surface area contributed by atoms with E-state index in [1.807, 2.05) is 13.8 Å². The summed E-state index contributed by atoms with van der Waals surface area (Å²) in [4.78, 5) is 0.0432. The van der Waals surface area contributed by atoms with Crippen LogP contribution in [-0.2, 0) is 10.8 Å². The van der Waals surface area contributed by atoms with E-state index in [2.05, 4.69) is 5.32 Å². The van der Waals surface area contributed by atoms with Gasteiger partial charge in [-0.3, -0.25) is 4.21 Å². The first-order valence-corrected chi connectivity index (χ1v) is 7.47. The molecule has 2 nitrogen and oxygen atoms in total. The number of hydrogen-bond donors (Lipinski definition) is 1. The van der Waals surface area contributed by atoms with E-state index in [1.54, 1.807) is 0 Å². The Morgan fingerprint density at radius 1 is 1.39 bits per heavy atom. The molecule has 1 N–H and O–H groups in total. The highest BCUT2D eigenvalue weighted by atomic mass is 32.2. The Labute approximate surface area is 108 Å². The normalized spacial score (nSPS) is 27.0.